The van der Waals surface area contributed by atoms with Crippen LogP contribution in [-0.2, 0) is 0 Å². The SMILES string of the molecule is CC1(C)CCN(C(=O)c2cccc(Br)c2)CC1O. The predicted octanol–water partition coefficient (Wildman–Crippen LogP) is 2.68. The first kappa shape index (κ1) is 13.6. The molecule has 1 heterocycles. The number of aliphatic hydroxyl groups is 1. The second kappa shape index (κ2) is 5.02. The highest BCUT2D eigenvalue weighted by atomic mass is 79.9. The largest absolute Gasteiger partial charge is 0.391 e. The van der Waals surface area contributed by atoms with Crippen LogP contribution in [0, 0.1) is 5.41 Å². The Bertz CT molecular complexity index is 459. The molecule has 98 valence electrons. The molecule has 18 heavy (non-hydrogen) atoms. The van der Waals surface area contributed by atoms with E-state index < -0.39 is 6.10 Å². The van der Waals surface area contributed by atoms with Crippen molar-refractivity contribution in [2.24, 2.45) is 5.41 Å². The Morgan fingerprint density at radius 2 is 2.22 bits per heavy atom. The van der Waals surface area contributed by atoms with E-state index in [1.807, 2.05) is 32.0 Å². The summed E-state index contributed by atoms with van der Waals surface area (Å²) >= 11 is 3.36. The lowest BCUT2D eigenvalue weighted by Gasteiger charge is -2.41. The fraction of sp³-hybridized carbons (Fsp3) is 0.500. The average molecular weight is 312 g/mol. The lowest BCUT2D eigenvalue weighted by atomic mass is 9.80. The third-order valence-electron chi connectivity index (χ3n) is 3.68. The van der Waals surface area contributed by atoms with Gasteiger partial charge in [-0.1, -0.05) is 35.8 Å². The van der Waals surface area contributed by atoms with Crippen molar-refractivity contribution in [3.63, 3.8) is 0 Å². The van der Waals surface area contributed by atoms with E-state index in [4.69, 9.17) is 0 Å². The maximum atomic E-state index is 12.3. The van der Waals surface area contributed by atoms with Crippen LogP contribution < -0.4 is 0 Å². The second-order valence-corrected chi connectivity index (χ2v) is 6.43. The topological polar surface area (TPSA) is 40.5 Å². The van der Waals surface area contributed by atoms with Crippen LogP contribution in [0.15, 0.2) is 28.7 Å². The van der Waals surface area contributed by atoms with Gasteiger partial charge in [0.25, 0.3) is 5.91 Å². The van der Waals surface area contributed by atoms with E-state index in [1.54, 1.807) is 11.0 Å². The molecule has 0 bridgehead atoms. The molecule has 1 N–H and O–H groups in total. The molecule has 4 heteroatoms. The van der Waals surface area contributed by atoms with Crippen LogP contribution in [0.5, 0.6) is 0 Å². The van der Waals surface area contributed by atoms with Crippen molar-refractivity contribution < 1.29 is 9.90 Å². The van der Waals surface area contributed by atoms with Crippen molar-refractivity contribution in [2.75, 3.05) is 13.1 Å². The molecule has 0 aromatic heterocycles. The molecule has 1 aromatic rings. The summed E-state index contributed by atoms with van der Waals surface area (Å²) in [7, 11) is 0. The number of piperidine rings is 1. The van der Waals surface area contributed by atoms with E-state index in [0.29, 0.717) is 18.7 Å². The standard InChI is InChI=1S/C14H18BrNO2/c1-14(2)6-7-16(9-12(14)17)13(18)10-4-3-5-11(15)8-10/h3-5,8,12,17H,6-7,9H2,1-2H3. The molecular weight excluding hydrogens is 294 g/mol. The molecule has 1 unspecified atom stereocenters. The van der Waals surface area contributed by atoms with Crippen molar-refractivity contribution in [3.8, 4) is 0 Å². The molecule has 3 nitrogen and oxygen atoms in total. The highest BCUT2D eigenvalue weighted by Crippen LogP contribution is 2.31. The van der Waals surface area contributed by atoms with Crippen LogP contribution in [-0.4, -0.2) is 35.1 Å². The summed E-state index contributed by atoms with van der Waals surface area (Å²) in [6.45, 7) is 5.20. The van der Waals surface area contributed by atoms with Gasteiger partial charge in [-0.15, -0.1) is 0 Å². The number of carbonyl (C=O) groups excluding carboxylic acids is 1. The normalized spacial score (nSPS) is 22.9. The van der Waals surface area contributed by atoms with Gasteiger partial charge in [0, 0.05) is 23.1 Å². The minimum Gasteiger partial charge on any atom is -0.391 e. The fourth-order valence-corrected chi connectivity index (χ4v) is 2.52. The van der Waals surface area contributed by atoms with Gasteiger partial charge in [-0.3, -0.25) is 4.79 Å². The van der Waals surface area contributed by atoms with Crippen LogP contribution in [0.3, 0.4) is 0 Å². The molecule has 0 aliphatic carbocycles. The molecule has 1 aliphatic rings. The number of β-amino-alcohol motifs (C(OH)–C–C–N with tert-alkyl or cyclic N) is 1. The number of halogens is 1. The Morgan fingerprint density at radius 3 is 2.83 bits per heavy atom. The number of nitrogens with zero attached hydrogens (tertiary/aromatic N) is 1. The van der Waals surface area contributed by atoms with Crippen LogP contribution >= 0.6 is 15.9 Å². The van der Waals surface area contributed by atoms with E-state index in [0.717, 1.165) is 10.9 Å². The Hall–Kier alpha value is -0.870. The first-order chi connectivity index (χ1) is 8.40. The summed E-state index contributed by atoms with van der Waals surface area (Å²) in [6.07, 6.45) is 0.371. The summed E-state index contributed by atoms with van der Waals surface area (Å²) in [5.74, 6) is -0.00847. The summed E-state index contributed by atoms with van der Waals surface area (Å²) in [4.78, 5) is 14.0. The van der Waals surface area contributed by atoms with Crippen molar-refractivity contribution in [2.45, 2.75) is 26.4 Å². The highest BCUT2D eigenvalue weighted by Gasteiger charge is 2.36. The number of hydrogen-bond donors (Lipinski definition) is 1. The van der Waals surface area contributed by atoms with Crippen molar-refractivity contribution in [1.82, 2.24) is 4.90 Å². The molecule has 0 radical (unpaired) electrons. The minimum atomic E-state index is -0.456. The Balaban J connectivity index is 2.12. The van der Waals surface area contributed by atoms with E-state index in [2.05, 4.69) is 15.9 Å². The van der Waals surface area contributed by atoms with Crippen molar-refractivity contribution in [1.29, 1.82) is 0 Å². The first-order valence-electron chi connectivity index (χ1n) is 6.13. The Morgan fingerprint density at radius 1 is 1.50 bits per heavy atom. The summed E-state index contributed by atoms with van der Waals surface area (Å²) in [5, 5.41) is 10.1. The molecule has 0 saturated carbocycles. The number of rotatable bonds is 1. The lowest BCUT2D eigenvalue weighted by molar-refractivity contribution is -0.0190. The van der Waals surface area contributed by atoms with Gasteiger partial charge in [0.15, 0.2) is 0 Å². The van der Waals surface area contributed by atoms with Crippen molar-refractivity contribution >= 4 is 21.8 Å². The summed E-state index contributed by atoms with van der Waals surface area (Å²) in [5.41, 5.74) is 0.560. The zero-order valence-corrected chi connectivity index (χ0v) is 12.3. The number of carbonyl (C=O) groups is 1. The van der Waals surface area contributed by atoms with E-state index >= 15 is 0 Å². The lowest BCUT2D eigenvalue weighted by Crippen LogP contribution is -2.50. The molecular formula is C14H18BrNO2. The minimum absolute atomic E-state index is 0.00847. The van der Waals surface area contributed by atoms with E-state index in [9.17, 15) is 9.90 Å². The molecule has 1 aromatic carbocycles. The monoisotopic (exact) mass is 311 g/mol. The van der Waals surface area contributed by atoms with Gasteiger partial charge < -0.3 is 10.0 Å². The van der Waals surface area contributed by atoms with E-state index in [-0.39, 0.29) is 11.3 Å². The molecule has 1 aliphatic heterocycles. The average Bonchev–Trinajstić information content (AvgIpc) is 2.32. The van der Waals surface area contributed by atoms with Gasteiger partial charge in [0.05, 0.1) is 6.10 Å². The summed E-state index contributed by atoms with van der Waals surface area (Å²) < 4.78 is 0.895. The predicted molar refractivity (Wildman–Crippen MR) is 74.5 cm³/mol. The number of amides is 1. The van der Waals surface area contributed by atoms with Gasteiger partial charge in [0.1, 0.15) is 0 Å². The first-order valence-corrected chi connectivity index (χ1v) is 6.92. The van der Waals surface area contributed by atoms with Gasteiger partial charge in [0.2, 0.25) is 0 Å². The number of aliphatic hydroxyl groups excluding tert-OH is 1. The smallest absolute Gasteiger partial charge is 0.253 e. The second-order valence-electron chi connectivity index (χ2n) is 5.52. The van der Waals surface area contributed by atoms with Crippen LogP contribution in [0.25, 0.3) is 0 Å². The fourth-order valence-electron chi connectivity index (χ4n) is 2.13. The van der Waals surface area contributed by atoms with Gasteiger partial charge in [-0.25, -0.2) is 0 Å². The molecule has 1 amide bonds. The quantitative estimate of drug-likeness (QED) is 0.866. The van der Waals surface area contributed by atoms with E-state index in [1.165, 1.54) is 0 Å². The zero-order chi connectivity index (χ0) is 13.3. The highest BCUT2D eigenvalue weighted by molar-refractivity contribution is 9.10. The molecule has 1 saturated heterocycles. The Labute approximate surface area is 116 Å². The zero-order valence-electron chi connectivity index (χ0n) is 10.7. The Kier molecular flexibility index (Phi) is 3.78. The van der Waals surface area contributed by atoms with Gasteiger partial charge >= 0.3 is 0 Å². The van der Waals surface area contributed by atoms with Gasteiger partial charge in [-0.05, 0) is 30.0 Å². The number of likely N-dealkylation sites (tertiary alicyclic amines) is 1. The maximum Gasteiger partial charge on any atom is 0.253 e. The van der Waals surface area contributed by atoms with Crippen LogP contribution in [0.2, 0.25) is 0 Å². The molecule has 2 rings (SSSR count). The number of benzene rings is 1. The molecule has 1 fully saturated rings. The van der Waals surface area contributed by atoms with Crippen LogP contribution in [0.4, 0.5) is 0 Å². The summed E-state index contributed by atoms with van der Waals surface area (Å²) in [6, 6.07) is 7.36. The molecule has 1 atom stereocenters. The third-order valence-corrected chi connectivity index (χ3v) is 4.17. The van der Waals surface area contributed by atoms with Crippen LogP contribution in [0.1, 0.15) is 30.6 Å². The van der Waals surface area contributed by atoms with Gasteiger partial charge in [-0.2, -0.15) is 0 Å². The maximum absolute atomic E-state index is 12.3. The number of hydrogen-bond acceptors (Lipinski definition) is 2. The van der Waals surface area contributed by atoms with Crippen molar-refractivity contribution in [3.05, 3.63) is 34.3 Å². The molecule has 0 spiro atoms. The third kappa shape index (κ3) is 2.75.